The first kappa shape index (κ1) is 16.8. The zero-order valence-electron chi connectivity index (χ0n) is 14.2. The quantitative estimate of drug-likeness (QED) is 0.820. The van der Waals surface area contributed by atoms with Crippen LogP contribution in [0.15, 0.2) is 59.2 Å². The molecular weight excluding hydrogens is 304 g/mol. The Morgan fingerprint density at radius 1 is 1.29 bits per heavy atom. The molecule has 1 aromatic carbocycles. The number of hydrogen-bond donors (Lipinski definition) is 2. The molecule has 1 aromatic rings. The summed E-state index contributed by atoms with van der Waals surface area (Å²) < 4.78 is 5.73. The Hall–Kier alpha value is -2.01. The first-order valence-corrected chi connectivity index (χ1v) is 8.04. The molecule has 0 spiro atoms. The lowest BCUT2D eigenvalue weighted by Gasteiger charge is -2.36. The van der Waals surface area contributed by atoms with Gasteiger partial charge in [-0.3, -0.25) is 4.79 Å². The minimum atomic E-state index is -1.73. The van der Waals surface area contributed by atoms with E-state index in [0.717, 1.165) is 5.57 Å². The zero-order chi connectivity index (χ0) is 17.5. The summed E-state index contributed by atoms with van der Waals surface area (Å²) in [5.74, 6) is -1.84. The molecule has 0 amide bonds. The second-order valence-electron chi connectivity index (χ2n) is 6.88. The molecule has 2 atom stereocenters. The molecule has 24 heavy (non-hydrogen) atoms. The van der Waals surface area contributed by atoms with Crippen molar-refractivity contribution in [2.24, 2.45) is 0 Å². The molecule has 0 aromatic heterocycles. The van der Waals surface area contributed by atoms with E-state index in [4.69, 9.17) is 4.74 Å². The minimum Gasteiger partial charge on any atom is -0.384 e. The third kappa shape index (κ3) is 2.77. The van der Waals surface area contributed by atoms with Crippen molar-refractivity contribution in [2.45, 2.75) is 38.6 Å². The van der Waals surface area contributed by atoms with E-state index in [1.165, 1.54) is 0 Å². The van der Waals surface area contributed by atoms with Crippen molar-refractivity contribution in [3.63, 3.8) is 0 Å². The minimum absolute atomic E-state index is 0.0675. The summed E-state index contributed by atoms with van der Waals surface area (Å²) in [6, 6.07) is 6.93. The third-order valence-corrected chi connectivity index (χ3v) is 4.40. The molecule has 4 heteroatoms. The molecule has 126 valence electrons. The van der Waals surface area contributed by atoms with Crippen LogP contribution in [0.25, 0.3) is 0 Å². The standard InChI is InChI=1S/C20H22O4/c1-13(2)8-9-15-17-10-11-19(3,22)12-24-20(17,23)16-7-5-4-6-14(16)18(15)21/h4-8,10-11,22-23H,9,12H2,1-3H3. The highest BCUT2D eigenvalue weighted by molar-refractivity contribution is 6.12. The summed E-state index contributed by atoms with van der Waals surface area (Å²) in [4.78, 5) is 12.9. The number of Topliss-reactive ketones (excluding diaryl/α,β-unsaturated/α-hetero) is 1. The molecule has 1 heterocycles. The number of fused-ring (bicyclic) bond motifs is 3. The topological polar surface area (TPSA) is 66.8 Å². The Balaban J connectivity index is 2.25. The Bertz CT molecular complexity index is 779. The number of ether oxygens (including phenoxy) is 1. The zero-order valence-corrected chi connectivity index (χ0v) is 14.2. The van der Waals surface area contributed by atoms with Gasteiger partial charge in [-0.2, -0.15) is 0 Å². The molecule has 2 aliphatic rings. The van der Waals surface area contributed by atoms with Gasteiger partial charge in [0.1, 0.15) is 5.60 Å². The van der Waals surface area contributed by atoms with Gasteiger partial charge >= 0.3 is 0 Å². The summed E-state index contributed by atoms with van der Waals surface area (Å²) in [5.41, 5.74) is 1.64. The monoisotopic (exact) mass is 326 g/mol. The van der Waals surface area contributed by atoms with Crippen LogP contribution in [0.1, 0.15) is 43.1 Å². The fourth-order valence-electron chi connectivity index (χ4n) is 3.05. The summed E-state index contributed by atoms with van der Waals surface area (Å²) in [6.07, 6.45) is 5.55. The second-order valence-corrected chi connectivity index (χ2v) is 6.88. The average Bonchev–Trinajstić information content (AvgIpc) is 2.66. The van der Waals surface area contributed by atoms with Crippen molar-refractivity contribution in [1.29, 1.82) is 0 Å². The van der Waals surface area contributed by atoms with Crippen molar-refractivity contribution >= 4 is 5.78 Å². The van der Waals surface area contributed by atoms with Gasteiger partial charge in [-0.05, 0) is 27.2 Å². The maximum Gasteiger partial charge on any atom is 0.221 e. The Morgan fingerprint density at radius 3 is 2.71 bits per heavy atom. The fourth-order valence-corrected chi connectivity index (χ4v) is 3.05. The van der Waals surface area contributed by atoms with Crippen LogP contribution in [0.5, 0.6) is 0 Å². The van der Waals surface area contributed by atoms with Gasteiger partial charge in [0.25, 0.3) is 0 Å². The van der Waals surface area contributed by atoms with E-state index in [-0.39, 0.29) is 12.4 Å². The van der Waals surface area contributed by atoms with Gasteiger partial charge < -0.3 is 14.9 Å². The summed E-state index contributed by atoms with van der Waals surface area (Å²) in [6.45, 7) is 5.46. The maximum absolute atomic E-state index is 12.9. The normalized spacial score (nSPS) is 29.0. The largest absolute Gasteiger partial charge is 0.384 e. The smallest absolute Gasteiger partial charge is 0.221 e. The number of benzene rings is 1. The highest BCUT2D eigenvalue weighted by Gasteiger charge is 2.46. The first-order valence-electron chi connectivity index (χ1n) is 8.04. The van der Waals surface area contributed by atoms with Crippen LogP contribution in [-0.2, 0) is 10.5 Å². The molecule has 0 saturated carbocycles. The molecule has 0 radical (unpaired) electrons. The summed E-state index contributed by atoms with van der Waals surface area (Å²) in [7, 11) is 0. The molecule has 0 saturated heterocycles. The number of aliphatic hydroxyl groups is 2. The van der Waals surface area contributed by atoms with Gasteiger partial charge in [0.2, 0.25) is 5.79 Å². The molecule has 2 unspecified atom stereocenters. The third-order valence-electron chi connectivity index (χ3n) is 4.40. The Morgan fingerprint density at radius 2 is 2.00 bits per heavy atom. The molecule has 1 aliphatic heterocycles. The highest BCUT2D eigenvalue weighted by Crippen LogP contribution is 2.44. The summed E-state index contributed by atoms with van der Waals surface area (Å²) in [5, 5.41) is 21.6. The molecule has 1 aliphatic carbocycles. The lowest BCUT2D eigenvalue weighted by molar-refractivity contribution is -0.201. The highest BCUT2D eigenvalue weighted by atomic mass is 16.6. The van der Waals surface area contributed by atoms with Crippen molar-refractivity contribution in [2.75, 3.05) is 6.61 Å². The first-order chi connectivity index (χ1) is 11.2. The number of carbonyl (C=O) groups is 1. The van der Waals surface area contributed by atoms with Gasteiger partial charge in [-0.15, -0.1) is 0 Å². The number of carbonyl (C=O) groups excluding carboxylic acids is 1. The van der Waals surface area contributed by atoms with E-state index >= 15 is 0 Å². The van der Waals surface area contributed by atoms with E-state index < -0.39 is 11.4 Å². The molecular formula is C20H22O4. The van der Waals surface area contributed by atoms with Crippen LogP contribution >= 0.6 is 0 Å². The lowest BCUT2D eigenvalue weighted by Crippen LogP contribution is -2.40. The fraction of sp³-hybridized carbons (Fsp3) is 0.350. The van der Waals surface area contributed by atoms with Gasteiger partial charge in [-0.1, -0.05) is 48.1 Å². The Kier molecular flexibility index (Phi) is 4.08. The van der Waals surface area contributed by atoms with Crippen molar-refractivity contribution in [3.8, 4) is 0 Å². The molecule has 4 nitrogen and oxygen atoms in total. The van der Waals surface area contributed by atoms with Crippen LogP contribution in [0, 0.1) is 0 Å². The van der Waals surface area contributed by atoms with E-state index in [1.807, 2.05) is 19.9 Å². The number of allylic oxidation sites excluding steroid dienone is 3. The molecule has 0 fully saturated rings. The van der Waals surface area contributed by atoms with Crippen molar-refractivity contribution < 1.29 is 19.7 Å². The van der Waals surface area contributed by atoms with Crippen LogP contribution in [0.3, 0.4) is 0 Å². The molecule has 0 bridgehead atoms. The van der Waals surface area contributed by atoms with Crippen molar-refractivity contribution in [3.05, 3.63) is 70.3 Å². The maximum atomic E-state index is 12.9. The van der Waals surface area contributed by atoms with E-state index in [0.29, 0.717) is 28.7 Å². The van der Waals surface area contributed by atoms with Crippen LogP contribution in [0.2, 0.25) is 0 Å². The van der Waals surface area contributed by atoms with E-state index in [9.17, 15) is 15.0 Å². The second kappa shape index (κ2) is 5.81. The van der Waals surface area contributed by atoms with Gasteiger partial charge in [0.05, 0.1) is 6.61 Å². The van der Waals surface area contributed by atoms with E-state index in [2.05, 4.69) is 0 Å². The lowest BCUT2D eigenvalue weighted by atomic mass is 9.79. The number of hydrogen-bond acceptors (Lipinski definition) is 4. The summed E-state index contributed by atoms with van der Waals surface area (Å²) >= 11 is 0. The Labute approximate surface area is 141 Å². The molecule has 3 rings (SSSR count). The predicted molar refractivity (Wildman–Crippen MR) is 91.5 cm³/mol. The SMILES string of the molecule is CC(C)=CCC1=C2C=CC(C)(O)COC2(O)c2ccccc2C1=O. The van der Waals surface area contributed by atoms with E-state index in [1.54, 1.807) is 43.3 Å². The van der Waals surface area contributed by atoms with Gasteiger partial charge in [-0.25, -0.2) is 0 Å². The number of rotatable bonds is 2. The van der Waals surface area contributed by atoms with Crippen molar-refractivity contribution in [1.82, 2.24) is 0 Å². The van der Waals surface area contributed by atoms with Gasteiger partial charge in [0.15, 0.2) is 5.78 Å². The average molecular weight is 326 g/mol. The van der Waals surface area contributed by atoms with Crippen LogP contribution in [-0.4, -0.2) is 28.2 Å². The number of ketones is 1. The van der Waals surface area contributed by atoms with Crippen LogP contribution < -0.4 is 0 Å². The van der Waals surface area contributed by atoms with Gasteiger partial charge in [0, 0.05) is 22.3 Å². The van der Waals surface area contributed by atoms with Crippen LogP contribution in [0.4, 0.5) is 0 Å². The predicted octanol–water partition coefficient (Wildman–Crippen LogP) is 3.02. The molecule has 2 N–H and O–H groups in total.